The molecule has 0 amide bonds. The summed E-state index contributed by atoms with van der Waals surface area (Å²) in [5, 5.41) is 41.5. The van der Waals surface area contributed by atoms with Gasteiger partial charge in [-0.3, -0.25) is 0 Å². The molecule has 0 saturated heterocycles. The van der Waals surface area contributed by atoms with Gasteiger partial charge in [0.1, 0.15) is 50.6 Å². The van der Waals surface area contributed by atoms with Crippen LogP contribution in [0, 0.1) is 0 Å². The largest absolute Gasteiger partial charge is 1.00 e. The van der Waals surface area contributed by atoms with E-state index >= 15 is 0 Å². The molecule has 0 rings (SSSR count). The zero-order valence-corrected chi connectivity index (χ0v) is 33.3. The molecule has 8 heteroatoms. The van der Waals surface area contributed by atoms with Crippen molar-refractivity contribution < 1.29 is 63.4 Å². The maximum absolute atomic E-state index is 10.4. The quantitative estimate of drug-likeness (QED) is 0.0634. The molecule has 0 bridgehead atoms. The van der Waals surface area contributed by atoms with E-state index in [1.54, 1.807) is 0 Å². The number of halogens is 2. The molecule has 0 aromatic carbocycles. The van der Waals surface area contributed by atoms with Crippen LogP contribution in [-0.4, -0.2) is 106 Å². The molecule has 0 fully saturated rings. The van der Waals surface area contributed by atoms with E-state index in [9.17, 15) is 20.4 Å². The molecule has 4 unspecified atom stereocenters. The third-order valence-electron chi connectivity index (χ3n) is 9.09. The van der Waals surface area contributed by atoms with E-state index in [1.807, 2.05) is 27.7 Å². The lowest BCUT2D eigenvalue weighted by atomic mass is 10.1. The van der Waals surface area contributed by atoms with Gasteiger partial charge in [0.25, 0.3) is 0 Å². The Bertz CT molecular complexity index is 524. The average molecular weight is 763 g/mol. The molecular weight excluding hydrogens is 684 g/mol. The molecule has 0 aliphatic carbocycles. The molecule has 0 aliphatic heterocycles. The Kier molecular flexibility index (Phi) is 34.6. The van der Waals surface area contributed by atoms with Crippen molar-refractivity contribution >= 4 is 0 Å². The molecular formula is C36H78Br2N2O4. The van der Waals surface area contributed by atoms with Crippen LogP contribution >= 0.6 is 0 Å². The highest BCUT2D eigenvalue weighted by molar-refractivity contribution is 4.59. The van der Waals surface area contributed by atoms with Crippen LogP contribution in [-0.2, 0) is 0 Å². The van der Waals surface area contributed by atoms with Gasteiger partial charge in [0, 0.05) is 0 Å². The van der Waals surface area contributed by atoms with Crippen molar-refractivity contribution in [1.29, 1.82) is 0 Å². The number of rotatable bonds is 31. The number of aliphatic hydroxyl groups excluding tert-OH is 4. The maximum atomic E-state index is 10.4. The van der Waals surface area contributed by atoms with Crippen LogP contribution in [0.2, 0.25) is 0 Å². The van der Waals surface area contributed by atoms with E-state index < -0.39 is 0 Å². The van der Waals surface area contributed by atoms with E-state index in [0.717, 1.165) is 87.0 Å². The first-order chi connectivity index (χ1) is 20.0. The first-order valence-corrected chi connectivity index (χ1v) is 18.4. The fourth-order valence-electron chi connectivity index (χ4n) is 7.40. The second kappa shape index (κ2) is 31.0. The molecule has 0 aliphatic rings. The highest BCUT2D eigenvalue weighted by Crippen LogP contribution is 2.20. The Morgan fingerprint density at radius 2 is 0.523 bits per heavy atom. The minimum atomic E-state index is -0.362. The summed E-state index contributed by atoms with van der Waals surface area (Å²) in [4.78, 5) is 0. The van der Waals surface area contributed by atoms with Crippen LogP contribution in [0.4, 0.5) is 0 Å². The van der Waals surface area contributed by atoms with Crippen molar-refractivity contribution in [2.24, 2.45) is 0 Å². The van der Waals surface area contributed by atoms with Gasteiger partial charge in [-0.25, -0.2) is 0 Å². The van der Waals surface area contributed by atoms with E-state index in [0.29, 0.717) is 0 Å². The van der Waals surface area contributed by atoms with Crippen LogP contribution in [0.1, 0.15) is 157 Å². The average Bonchev–Trinajstić information content (AvgIpc) is 2.88. The first-order valence-electron chi connectivity index (χ1n) is 18.4. The lowest BCUT2D eigenvalue weighted by Crippen LogP contribution is -3.00. The Morgan fingerprint density at radius 3 is 0.705 bits per heavy atom. The van der Waals surface area contributed by atoms with Gasteiger partial charge in [-0.1, -0.05) is 78.1 Å². The normalized spacial score (nSPS) is 17.0. The number of unbranched alkanes of at least 4 members (excludes halogenated alkanes) is 15. The molecule has 270 valence electrons. The van der Waals surface area contributed by atoms with Gasteiger partial charge in [-0.05, 0) is 79.1 Å². The molecule has 0 aromatic heterocycles. The van der Waals surface area contributed by atoms with Crippen LogP contribution in [0.15, 0.2) is 0 Å². The molecule has 4 N–H and O–H groups in total. The fourth-order valence-corrected chi connectivity index (χ4v) is 7.40. The second-order valence-electron chi connectivity index (χ2n) is 14.4. The summed E-state index contributed by atoms with van der Waals surface area (Å²) < 4.78 is 1.65. The third-order valence-corrected chi connectivity index (χ3v) is 9.09. The number of hydrogen-bond acceptors (Lipinski definition) is 4. The summed E-state index contributed by atoms with van der Waals surface area (Å²) in [6.07, 6.45) is 21.0. The summed E-state index contributed by atoms with van der Waals surface area (Å²) in [6, 6.07) is 0. The van der Waals surface area contributed by atoms with Gasteiger partial charge in [-0.2, -0.15) is 0 Å². The Morgan fingerprint density at radius 1 is 0.341 bits per heavy atom. The standard InChI is InChI=1S/C36H78N2O4.2BrH/c1-7-9-11-13-15-17-21-25-37(29-33(3)39,30-34(4)40)27-23-19-20-24-28-38(31-35(5)41,32-36(6)42)26-22-18-16-14-12-10-8-2;;/h33-36,39-42H,7-32H2,1-6H3;2*1H/q+2;;/p-2. The topological polar surface area (TPSA) is 80.9 Å². The van der Waals surface area contributed by atoms with Crippen molar-refractivity contribution in [3.05, 3.63) is 0 Å². The van der Waals surface area contributed by atoms with Gasteiger partial charge in [-0.15, -0.1) is 0 Å². The van der Waals surface area contributed by atoms with Gasteiger partial charge in [0.05, 0.1) is 26.2 Å². The van der Waals surface area contributed by atoms with E-state index in [2.05, 4.69) is 13.8 Å². The molecule has 0 spiro atoms. The minimum absolute atomic E-state index is 0. The number of quaternary nitrogens is 2. The van der Waals surface area contributed by atoms with E-state index in [4.69, 9.17) is 0 Å². The molecule has 0 aromatic rings. The molecule has 0 heterocycles. The van der Waals surface area contributed by atoms with Gasteiger partial charge < -0.3 is 63.4 Å². The SMILES string of the molecule is CCCCCCCCC[N+](CCCCCC[N+](CCCCCCCCC)(CC(C)O)CC(C)O)(CC(C)O)CC(C)O.[Br-].[Br-]. The van der Waals surface area contributed by atoms with E-state index in [1.165, 1.54) is 89.9 Å². The smallest absolute Gasteiger partial charge is 0.105 e. The molecule has 0 radical (unpaired) electrons. The molecule has 44 heavy (non-hydrogen) atoms. The maximum Gasteiger partial charge on any atom is 0.105 e. The van der Waals surface area contributed by atoms with Crippen LogP contribution in [0.5, 0.6) is 0 Å². The summed E-state index contributed by atoms with van der Waals surface area (Å²) in [5.74, 6) is 0. The lowest BCUT2D eigenvalue weighted by molar-refractivity contribution is -0.934. The van der Waals surface area contributed by atoms with Gasteiger partial charge >= 0.3 is 0 Å². The third kappa shape index (κ3) is 27.8. The summed E-state index contributed by atoms with van der Waals surface area (Å²) >= 11 is 0. The zero-order chi connectivity index (χ0) is 31.7. The highest BCUT2D eigenvalue weighted by atomic mass is 79.9. The summed E-state index contributed by atoms with van der Waals surface area (Å²) in [5.41, 5.74) is 0. The lowest BCUT2D eigenvalue weighted by Gasteiger charge is -2.41. The van der Waals surface area contributed by atoms with Crippen LogP contribution in [0.3, 0.4) is 0 Å². The van der Waals surface area contributed by atoms with Crippen molar-refractivity contribution in [2.45, 2.75) is 182 Å². The Hall–Kier alpha value is 0.720. The predicted octanol–water partition coefficient (Wildman–Crippen LogP) is 1.21. The Labute approximate surface area is 296 Å². The monoisotopic (exact) mass is 760 g/mol. The molecule has 0 saturated carbocycles. The predicted molar refractivity (Wildman–Crippen MR) is 181 cm³/mol. The van der Waals surface area contributed by atoms with Crippen molar-refractivity contribution in [3.8, 4) is 0 Å². The van der Waals surface area contributed by atoms with Crippen LogP contribution in [0.25, 0.3) is 0 Å². The number of hydrogen-bond donors (Lipinski definition) is 4. The number of nitrogens with zero attached hydrogens (tertiary/aromatic N) is 2. The molecule has 6 nitrogen and oxygen atoms in total. The summed E-state index contributed by atoms with van der Waals surface area (Å²) in [7, 11) is 0. The van der Waals surface area contributed by atoms with Crippen molar-refractivity contribution in [1.82, 2.24) is 0 Å². The second-order valence-corrected chi connectivity index (χ2v) is 14.4. The van der Waals surface area contributed by atoms with Crippen LogP contribution < -0.4 is 34.0 Å². The number of aliphatic hydroxyl groups is 4. The fraction of sp³-hybridized carbons (Fsp3) is 1.00. The van der Waals surface area contributed by atoms with Crippen molar-refractivity contribution in [3.63, 3.8) is 0 Å². The summed E-state index contributed by atoms with van der Waals surface area (Å²) in [6.45, 7) is 19.1. The molecule has 4 atom stereocenters. The highest BCUT2D eigenvalue weighted by Gasteiger charge is 2.31. The Balaban J connectivity index is -0.00000840. The first kappa shape index (κ1) is 49.1. The zero-order valence-electron chi connectivity index (χ0n) is 30.1. The van der Waals surface area contributed by atoms with E-state index in [-0.39, 0.29) is 58.4 Å². The minimum Gasteiger partial charge on any atom is -1.00 e. The van der Waals surface area contributed by atoms with Gasteiger partial charge in [0.15, 0.2) is 0 Å². The van der Waals surface area contributed by atoms with Gasteiger partial charge in [0.2, 0.25) is 0 Å². The van der Waals surface area contributed by atoms with Crippen molar-refractivity contribution in [2.75, 3.05) is 52.4 Å².